The summed E-state index contributed by atoms with van der Waals surface area (Å²) in [7, 11) is 0. The first-order valence-electron chi connectivity index (χ1n) is 8.87. The zero-order valence-corrected chi connectivity index (χ0v) is 17.4. The Balaban J connectivity index is 1.66. The number of nitrogens with one attached hydrogen (secondary N) is 1. The number of carbonyl (C=O) groups is 1. The molecular formula is C23H21Cl2NO2. The number of carbonyl (C=O) groups excluding carboxylic acids is 1. The molecule has 0 atom stereocenters. The smallest absolute Gasteiger partial charge is 0.255 e. The third-order valence-corrected chi connectivity index (χ3v) is 4.78. The van der Waals surface area contributed by atoms with Crippen molar-refractivity contribution < 1.29 is 9.53 Å². The SMILES string of the molecule is CC(C)(C)c1ccc(C(=O)Nc2ccc(Oc3ccc(Cl)cc3Cl)cc2)cc1. The molecule has 144 valence electrons. The molecule has 1 amide bonds. The van der Waals surface area contributed by atoms with Crippen molar-refractivity contribution in [2.75, 3.05) is 5.32 Å². The molecule has 0 unspecified atom stereocenters. The van der Waals surface area contributed by atoms with Crippen LogP contribution >= 0.6 is 23.2 Å². The summed E-state index contributed by atoms with van der Waals surface area (Å²) in [6.07, 6.45) is 0. The van der Waals surface area contributed by atoms with Crippen LogP contribution in [0.25, 0.3) is 0 Å². The lowest BCUT2D eigenvalue weighted by atomic mass is 9.87. The molecule has 0 saturated heterocycles. The summed E-state index contributed by atoms with van der Waals surface area (Å²) in [5.41, 5.74) is 2.53. The van der Waals surface area contributed by atoms with Crippen molar-refractivity contribution in [3.05, 3.63) is 87.9 Å². The molecule has 5 heteroatoms. The molecule has 0 bridgehead atoms. The minimum absolute atomic E-state index is 0.0534. The van der Waals surface area contributed by atoms with Gasteiger partial charge in [0.15, 0.2) is 0 Å². The topological polar surface area (TPSA) is 38.3 Å². The predicted molar refractivity (Wildman–Crippen MR) is 116 cm³/mol. The van der Waals surface area contributed by atoms with E-state index in [1.807, 2.05) is 24.3 Å². The Morgan fingerprint density at radius 2 is 1.54 bits per heavy atom. The van der Waals surface area contributed by atoms with E-state index in [0.29, 0.717) is 32.8 Å². The average molecular weight is 414 g/mol. The number of anilines is 1. The Bertz CT molecular complexity index is 975. The van der Waals surface area contributed by atoms with E-state index in [-0.39, 0.29) is 11.3 Å². The molecule has 0 fully saturated rings. The Kier molecular flexibility index (Phi) is 5.97. The van der Waals surface area contributed by atoms with Gasteiger partial charge in [0.25, 0.3) is 5.91 Å². The van der Waals surface area contributed by atoms with Crippen LogP contribution in [0.5, 0.6) is 11.5 Å². The highest BCUT2D eigenvalue weighted by Gasteiger charge is 2.14. The minimum atomic E-state index is -0.158. The Labute approximate surface area is 175 Å². The van der Waals surface area contributed by atoms with Crippen LogP contribution in [-0.2, 0) is 5.41 Å². The third kappa shape index (κ3) is 5.06. The van der Waals surface area contributed by atoms with E-state index in [2.05, 4.69) is 26.1 Å². The summed E-state index contributed by atoms with van der Waals surface area (Å²) < 4.78 is 5.75. The second-order valence-electron chi connectivity index (χ2n) is 7.48. The molecule has 28 heavy (non-hydrogen) atoms. The predicted octanol–water partition coefficient (Wildman–Crippen LogP) is 7.34. The summed E-state index contributed by atoms with van der Waals surface area (Å²) >= 11 is 12.0. The lowest BCUT2D eigenvalue weighted by Crippen LogP contribution is -2.14. The van der Waals surface area contributed by atoms with Gasteiger partial charge in [0.05, 0.1) is 5.02 Å². The van der Waals surface area contributed by atoms with Crippen molar-refractivity contribution in [1.82, 2.24) is 0 Å². The molecule has 0 aliphatic rings. The number of rotatable bonds is 4. The first-order chi connectivity index (χ1) is 13.2. The van der Waals surface area contributed by atoms with Gasteiger partial charge in [-0.2, -0.15) is 0 Å². The van der Waals surface area contributed by atoms with Crippen LogP contribution in [0.2, 0.25) is 10.0 Å². The highest BCUT2D eigenvalue weighted by atomic mass is 35.5. The van der Waals surface area contributed by atoms with Gasteiger partial charge in [-0.15, -0.1) is 0 Å². The first kappa shape index (κ1) is 20.2. The Morgan fingerprint density at radius 3 is 2.11 bits per heavy atom. The van der Waals surface area contributed by atoms with Crippen LogP contribution in [-0.4, -0.2) is 5.91 Å². The zero-order chi connectivity index (χ0) is 20.3. The zero-order valence-electron chi connectivity index (χ0n) is 15.9. The molecule has 0 saturated carbocycles. The highest BCUT2D eigenvalue weighted by Crippen LogP contribution is 2.32. The van der Waals surface area contributed by atoms with Crippen LogP contribution in [0.4, 0.5) is 5.69 Å². The van der Waals surface area contributed by atoms with Gasteiger partial charge in [0, 0.05) is 16.3 Å². The quantitative estimate of drug-likeness (QED) is 0.485. The fraction of sp³-hybridized carbons (Fsp3) is 0.174. The number of halogens is 2. The van der Waals surface area contributed by atoms with Gasteiger partial charge in [-0.3, -0.25) is 4.79 Å². The molecule has 0 aliphatic heterocycles. The van der Waals surface area contributed by atoms with E-state index in [1.54, 1.807) is 42.5 Å². The second-order valence-corrected chi connectivity index (χ2v) is 8.33. The number of ether oxygens (including phenoxy) is 1. The molecule has 0 spiro atoms. The van der Waals surface area contributed by atoms with Crippen molar-refractivity contribution >= 4 is 34.8 Å². The second kappa shape index (κ2) is 8.26. The van der Waals surface area contributed by atoms with Crippen LogP contribution in [0.1, 0.15) is 36.7 Å². The van der Waals surface area contributed by atoms with Crippen molar-refractivity contribution in [1.29, 1.82) is 0 Å². The van der Waals surface area contributed by atoms with Gasteiger partial charge < -0.3 is 10.1 Å². The molecule has 0 aromatic heterocycles. The maximum absolute atomic E-state index is 12.5. The largest absolute Gasteiger partial charge is 0.456 e. The van der Waals surface area contributed by atoms with Gasteiger partial charge in [0.2, 0.25) is 0 Å². The summed E-state index contributed by atoms with van der Waals surface area (Å²) in [4.78, 5) is 12.5. The molecule has 3 aromatic rings. The van der Waals surface area contributed by atoms with E-state index >= 15 is 0 Å². The lowest BCUT2D eigenvalue weighted by molar-refractivity contribution is 0.102. The minimum Gasteiger partial charge on any atom is -0.456 e. The van der Waals surface area contributed by atoms with Gasteiger partial charge >= 0.3 is 0 Å². The molecule has 3 aromatic carbocycles. The summed E-state index contributed by atoms with van der Waals surface area (Å²) in [5, 5.41) is 3.87. The van der Waals surface area contributed by atoms with E-state index in [0.717, 1.165) is 0 Å². The van der Waals surface area contributed by atoms with E-state index in [1.165, 1.54) is 5.56 Å². The standard InChI is InChI=1S/C23H21Cl2NO2/c1-23(2,3)16-6-4-15(5-7-16)22(27)26-18-9-11-19(12-10-18)28-21-13-8-17(24)14-20(21)25/h4-14H,1-3H3,(H,26,27). The van der Waals surface area contributed by atoms with E-state index in [9.17, 15) is 4.79 Å². The molecule has 0 heterocycles. The number of amides is 1. The van der Waals surface area contributed by atoms with E-state index in [4.69, 9.17) is 27.9 Å². The maximum Gasteiger partial charge on any atom is 0.255 e. The molecular weight excluding hydrogens is 393 g/mol. The normalized spacial score (nSPS) is 11.2. The summed E-state index contributed by atoms with van der Waals surface area (Å²) in [5.74, 6) is 0.966. The molecule has 0 aliphatic carbocycles. The fourth-order valence-corrected chi connectivity index (χ4v) is 3.06. The maximum atomic E-state index is 12.5. The molecule has 0 radical (unpaired) electrons. The van der Waals surface area contributed by atoms with Crippen LogP contribution in [0.15, 0.2) is 66.7 Å². The highest BCUT2D eigenvalue weighted by molar-refractivity contribution is 6.35. The number of benzene rings is 3. The number of hydrogen-bond acceptors (Lipinski definition) is 2. The Morgan fingerprint density at radius 1 is 0.893 bits per heavy atom. The Hall–Kier alpha value is -2.49. The molecule has 3 nitrogen and oxygen atoms in total. The van der Waals surface area contributed by atoms with Gasteiger partial charge in [-0.25, -0.2) is 0 Å². The fourth-order valence-electron chi connectivity index (χ4n) is 2.62. The van der Waals surface area contributed by atoms with Crippen molar-refractivity contribution in [2.45, 2.75) is 26.2 Å². The lowest BCUT2D eigenvalue weighted by Gasteiger charge is -2.19. The van der Waals surface area contributed by atoms with Crippen LogP contribution in [0, 0.1) is 0 Å². The van der Waals surface area contributed by atoms with Crippen LogP contribution in [0.3, 0.4) is 0 Å². The average Bonchev–Trinajstić information content (AvgIpc) is 2.65. The van der Waals surface area contributed by atoms with Gasteiger partial charge in [-0.1, -0.05) is 56.1 Å². The van der Waals surface area contributed by atoms with Gasteiger partial charge in [0.1, 0.15) is 11.5 Å². The first-order valence-corrected chi connectivity index (χ1v) is 9.63. The van der Waals surface area contributed by atoms with Crippen molar-refractivity contribution in [2.24, 2.45) is 0 Å². The summed E-state index contributed by atoms with van der Waals surface area (Å²) in [6, 6.07) is 19.8. The van der Waals surface area contributed by atoms with Gasteiger partial charge in [-0.05, 0) is 65.6 Å². The monoisotopic (exact) mass is 413 g/mol. The van der Waals surface area contributed by atoms with Crippen molar-refractivity contribution in [3.8, 4) is 11.5 Å². The third-order valence-electron chi connectivity index (χ3n) is 4.25. The van der Waals surface area contributed by atoms with Crippen molar-refractivity contribution in [3.63, 3.8) is 0 Å². The summed E-state index contributed by atoms with van der Waals surface area (Å²) in [6.45, 7) is 6.43. The molecule has 1 N–H and O–H groups in total. The number of hydrogen-bond donors (Lipinski definition) is 1. The molecule has 3 rings (SSSR count). The van der Waals surface area contributed by atoms with E-state index < -0.39 is 0 Å². The van der Waals surface area contributed by atoms with Crippen LogP contribution < -0.4 is 10.1 Å².